The SMILES string of the molecule is O=C(c1ccc(F)cc1F)N1CCCCC(c2ccc(F)cc2)C1. The van der Waals surface area contributed by atoms with Gasteiger partial charge in [-0.1, -0.05) is 18.6 Å². The van der Waals surface area contributed by atoms with E-state index in [-0.39, 0.29) is 17.3 Å². The topological polar surface area (TPSA) is 20.3 Å². The molecule has 2 nitrogen and oxygen atoms in total. The molecule has 1 unspecified atom stereocenters. The number of rotatable bonds is 2. The average Bonchev–Trinajstić information content (AvgIpc) is 2.81. The molecule has 2 aromatic rings. The maximum absolute atomic E-state index is 13.9. The fourth-order valence-corrected chi connectivity index (χ4v) is 3.17. The Labute approximate surface area is 138 Å². The van der Waals surface area contributed by atoms with Crippen molar-refractivity contribution < 1.29 is 18.0 Å². The van der Waals surface area contributed by atoms with Crippen LogP contribution in [0.25, 0.3) is 0 Å². The lowest BCUT2D eigenvalue weighted by atomic mass is 9.94. The molecule has 1 heterocycles. The van der Waals surface area contributed by atoms with Crippen molar-refractivity contribution in [3.8, 4) is 0 Å². The molecular weight excluding hydrogens is 315 g/mol. The molecule has 0 saturated carbocycles. The van der Waals surface area contributed by atoms with Crippen molar-refractivity contribution in [2.45, 2.75) is 25.2 Å². The summed E-state index contributed by atoms with van der Waals surface area (Å²) in [5, 5.41) is 0. The van der Waals surface area contributed by atoms with E-state index in [0.29, 0.717) is 13.1 Å². The molecule has 1 atom stereocenters. The molecule has 1 aliphatic heterocycles. The van der Waals surface area contributed by atoms with Gasteiger partial charge in [-0.2, -0.15) is 0 Å². The van der Waals surface area contributed by atoms with Crippen molar-refractivity contribution in [2.75, 3.05) is 13.1 Å². The fourth-order valence-electron chi connectivity index (χ4n) is 3.17. The first-order chi connectivity index (χ1) is 11.5. The van der Waals surface area contributed by atoms with E-state index in [1.807, 2.05) is 0 Å². The summed E-state index contributed by atoms with van der Waals surface area (Å²) in [7, 11) is 0. The Morgan fingerprint density at radius 3 is 2.38 bits per heavy atom. The number of benzene rings is 2. The number of hydrogen-bond donors (Lipinski definition) is 0. The lowest BCUT2D eigenvalue weighted by molar-refractivity contribution is 0.0749. The van der Waals surface area contributed by atoms with Gasteiger partial charge in [0.05, 0.1) is 5.56 Å². The number of likely N-dealkylation sites (tertiary alicyclic amines) is 1. The van der Waals surface area contributed by atoms with Crippen molar-refractivity contribution in [2.24, 2.45) is 0 Å². The Balaban J connectivity index is 1.81. The molecular formula is C19H18F3NO. The molecule has 0 bridgehead atoms. The van der Waals surface area contributed by atoms with Gasteiger partial charge in [0, 0.05) is 25.1 Å². The van der Waals surface area contributed by atoms with Crippen LogP contribution in [0.2, 0.25) is 0 Å². The highest BCUT2D eigenvalue weighted by molar-refractivity contribution is 5.94. The van der Waals surface area contributed by atoms with Crippen molar-refractivity contribution >= 4 is 5.91 Å². The van der Waals surface area contributed by atoms with Crippen LogP contribution in [-0.2, 0) is 0 Å². The molecule has 24 heavy (non-hydrogen) atoms. The summed E-state index contributed by atoms with van der Waals surface area (Å²) in [6, 6.07) is 9.27. The molecule has 0 aromatic heterocycles. The second-order valence-electron chi connectivity index (χ2n) is 6.12. The monoisotopic (exact) mass is 333 g/mol. The van der Waals surface area contributed by atoms with Crippen molar-refractivity contribution in [1.29, 1.82) is 0 Å². The second-order valence-corrected chi connectivity index (χ2v) is 6.12. The molecule has 0 radical (unpaired) electrons. The largest absolute Gasteiger partial charge is 0.338 e. The van der Waals surface area contributed by atoms with Crippen molar-refractivity contribution in [3.05, 3.63) is 71.0 Å². The van der Waals surface area contributed by atoms with Gasteiger partial charge in [0.15, 0.2) is 0 Å². The van der Waals surface area contributed by atoms with E-state index >= 15 is 0 Å². The molecule has 0 spiro atoms. The summed E-state index contributed by atoms with van der Waals surface area (Å²) in [4.78, 5) is 14.2. The van der Waals surface area contributed by atoms with Gasteiger partial charge in [-0.15, -0.1) is 0 Å². The summed E-state index contributed by atoms with van der Waals surface area (Å²) >= 11 is 0. The first-order valence-corrected chi connectivity index (χ1v) is 8.04. The van der Waals surface area contributed by atoms with Crippen LogP contribution in [-0.4, -0.2) is 23.9 Å². The summed E-state index contributed by atoms with van der Waals surface area (Å²) < 4.78 is 40.0. The van der Waals surface area contributed by atoms with Crippen LogP contribution in [0.5, 0.6) is 0 Å². The molecule has 126 valence electrons. The average molecular weight is 333 g/mol. The summed E-state index contributed by atoms with van der Waals surface area (Å²) in [5.41, 5.74) is 0.854. The van der Waals surface area contributed by atoms with Gasteiger partial charge in [0.25, 0.3) is 5.91 Å². The lowest BCUT2D eigenvalue weighted by Gasteiger charge is -2.25. The molecule has 0 N–H and O–H groups in total. The third kappa shape index (κ3) is 3.61. The first-order valence-electron chi connectivity index (χ1n) is 8.04. The van der Waals surface area contributed by atoms with E-state index in [1.165, 1.54) is 18.2 Å². The molecule has 3 rings (SSSR count). The molecule has 2 aromatic carbocycles. The maximum atomic E-state index is 13.9. The minimum absolute atomic E-state index is 0.0839. The molecule has 5 heteroatoms. The molecule has 1 amide bonds. The highest BCUT2D eigenvalue weighted by atomic mass is 19.1. The third-order valence-electron chi connectivity index (χ3n) is 4.46. The normalized spacial score (nSPS) is 18.3. The third-order valence-corrected chi connectivity index (χ3v) is 4.46. The predicted octanol–water partition coefficient (Wildman–Crippen LogP) is 4.51. The highest BCUT2D eigenvalue weighted by Crippen LogP contribution is 2.28. The molecule has 1 aliphatic rings. The number of carbonyl (C=O) groups excluding carboxylic acids is 1. The standard InChI is InChI=1S/C19H18F3NO/c20-15-6-4-13(5-7-15)14-3-1-2-10-23(12-14)19(24)17-9-8-16(21)11-18(17)22/h4-9,11,14H,1-3,10,12H2. The van der Waals surface area contributed by atoms with Crippen LogP contribution < -0.4 is 0 Å². The van der Waals surface area contributed by atoms with Gasteiger partial charge in [0.1, 0.15) is 17.5 Å². The van der Waals surface area contributed by atoms with Crippen molar-refractivity contribution in [1.82, 2.24) is 4.90 Å². The van der Waals surface area contributed by atoms with E-state index in [0.717, 1.165) is 37.0 Å². The van der Waals surface area contributed by atoms with Crippen LogP contribution in [0.1, 0.15) is 41.1 Å². The van der Waals surface area contributed by atoms with E-state index in [1.54, 1.807) is 17.0 Å². The second kappa shape index (κ2) is 7.07. The van der Waals surface area contributed by atoms with Crippen LogP contribution in [0.15, 0.2) is 42.5 Å². The van der Waals surface area contributed by atoms with Gasteiger partial charge >= 0.3 is 0 Å². The number of halogens is 3. The van der Waals surface area contributed by atoms with E-state index < -0.39 is 17.5 Å². The molecule has 1 saturated heterocycles. The highest BCUT2D eigenvalue weighted by Gasteiger charge is 2.25. The van der Waals surface area contributed by atoms with Gasteiger partial charge in [-0.05, 0) is 42.7 Å². The van der Waals surface area contributed by atoms with Gasteiger partial charge in [-0.25, -0.2) is 13.2 Å². The number of carbonyl (C=O) groups is 1. The Hall–Kier alpha value is -2.30. The van der Waals surface area contributed by atoms with E-state index in [2.05, 4.69) is 0 Å². The van der Waals surface area contributed by atoms with Crippen LogP contribution in [0.4, 0.5) is 13.2 Å². The fraction of sp³-hybridized carbons (Fsp3) is 0.316. The summed E-state index contributed by atoms with van der Waals surface area (Å²) in [6.45, 7) is 0.981. The van der Waals surface area contributed by atoms with Gasteiger partial charge in [0.2, 0.25) is 0 Å². The van der Waals surface area contributed by atoms with Crippen LogP contribution >= 0.6 is 0 Å². The van der Waals surface area contributed by atoms with E-state index in [4.69, 9.17) is 0 Å². The van der Waals surface area contributed by atoms with Crippen LogP contribution in [0.3, 0.4) is 0 Å². The van der Waals surface area contributed by atoms with E-state index in [9.17, 15) is 18.0 Å². The van der Waals surface area contributed by atoms with Crippen molar-refractivity contribution in [3.63, 3.8) is 0 Å². The maximum Gasteiger partial charge on any atom is 0.256 e. The minimum Gasteiger partial charge on any atom is -0.338 e. The number of hydrogen-bond acceptors (Lipinski definition) is 1. The summed E-state index contributed by atoms with van der Waals surface area (Å²) in [5.74, 6) is -2.19. The van der Waals surface area contributed by atoms with Gasteiger partial charge in [-0.3, -0.25) is 4.79 Å². The summed E-state index contributed by atoms with van der Waals surface area (Å²) in [6.07, 6.45) is 2.66. The number of nitrogens with zero attached hydrogens (tertiary/aromatic N) is 1. The quantitative estimate of drug-likeness (QED) is 0.792. The molecule has 1 fully saturated rings. The molecule has 0 aliphatic carbocycles. The van der Waals surface area contributed by atoms with Gasteiger partial charge < -0.3 is 4.90 Å². The zero-order valence-corrected chi connectivity index (χ0v) is 13.1. The zero-order chi connectivity index (χ0) is 17.1. The number of amides is 1. The Kier molecular flexibility index (Phi) is 4.88. The zero-order valence-electron chi connectivity index (χ0n) is 13.1. The lowest BCUT2D eigenvalue weighted by Crippen LogP contribution is -2.34. The Morgan fingerprint density at radius 1 is 0.958 bits per heavy atom. The van der Waals surface area contributed by atoms with Crippen LogP contribution in [0, 0.1) is 17.5 Å². The first kappa shape index (κ1) is 16.6. The Morgan fingerprint density at radius 2 is 1.67 bits per heavy atom. The predicted molar refractivity (Wildman–Crippen MR) is 85.3 cm³/mol. The minimum atomic E-state index is -0.845. The smallest absolute Gasteiger partial charge is 0.256 e. The Bertz CT molecular complexity index is 730.